The highest BCUT2D eigenvalue weighted by molar-refractivity contribution is 7.47. The van der Waals surface area contributed by atoms with E-state index in [-0.39, 0.29) is 6.61 Å². The third-order valence-corrected chi connectivity index (χ3v) is 9.29. The molecule has 0 bridgehead atoms. The molecular formula is C35H63NO6P+. The molecular weight excluding hydrogens is 561 g/mol. The summed E-state index contributed by atoms with van der Waals surface area (Å²) in [6, 6.07) is 9.88. The van der Waals surface area contributed by atoms with E-state index in [4.69, 9.17) is 18.5 Å². The topological polar surface area (TPSA) is 74.2 Å². The summed E-state index contributed by atoms with van der Waals surface area (Å²) >= 11 is 0. The molecule has 1 heterocycles. The Morgan fingerprint density at radius 2 is 1.44 bits per heavy atom. The van der Waals surface area contributed by atoms with Gasteiger partial charge in [0.05, 0.1) is 40.5 Å². The van der Waals surface area contributed by atoms with Gasteiger partial charge in [-0.2, -0.15) is 0 Å². The molecule has 7 nitrogen and oxygen atoms in total. The van der Waals surface area contributed by atoms with Gasteiger partial charge in [0.2, 0.25) is 0 Å². The molecule has 1 aliphatic rings. The number of allylic oxidation sites excluding steroid dienone is 1. The maximum Gasteiger partial charge on any atom is 0.527 e. The summed E-state index contributed by atoms with van der Waals surface area (Å²) in [5.41, 5.74) is 2.03. The highest BCUT2D eigenvalue weighted by Crippen LogP contribution is 2.44. The number of phosphoric acid groups is 1. The highest BCUT2D eigenvalue weighted by Gasteiger charge is 2.29. The Kier molecular flexibility index (Phi) is 20.5. The number of ether oxygens (including phenoxy) is 2. The zero-order chi connectivity index (χ0) is 31.1. The average molecular weight is 625 g/mol. The fourth-order valence-electron chi connectivity index (χ4n) is 5.52. The minimum Gasteiger partial charge on any atom is -0.406 e. The lowest BCUT2D eigenvalue weighted by Gasteiger charge is -2.29. The molecule has 1 saturated heterocycles. The molecule has 0 radical (unpaired) electrons. The Labute approximate surface area is 263 Å². The molecule has 0 saturated carbocycles. The zero-order valence-electron chi connectivity index (χ0n) is 27.7. The van der Waals surface area contributed by atoms with Crippen LogP contribution in [-0.2, 0) is 29.7 Å². The van der Waals surface area contributed by atoms with Gasteiger partial charge in [0.15, 0.2) is 6.26 Å². The second-order valence-corrected chi connectivity index (χ2v) is 14.2. The Hall–Kier alpha value is -1.21. The van der Waals surface area contributed by atoms with Crippen molar-refractivity contribution in [3.63, 3.8) is 0 Å². The summed E-state index contributed by atoms with van der Waals surface area (Å²) in [6.07, 6.45) is 23.7. The van der Waals surface area contributed by atoms with Crippen LogP contribution in [0.3, 0.4) is 0 Å². The van der Waals surface area contributed by atoms with Crippen molar-refractivity contribution in [1.82, 2.24) is 0 Å². The third kappa shape index (κ3) is 19.0. The highest BCUT2D eigenvalue weighted by atomic mass is 31.2. The van der Waals surface area contributed by atoms with E-state index in [9.17, 15) is 9.46 Å². The third-order valence-electron chi connectivity index (χ3n) is 8.45. The maximum atomic E-state index is 12.7. The Morgan fingerprint density at radius 1 is 0.837 bits per heavy atom. The lowest BCUT2D eigenvalue weighted by Crippen LogP contribution is -2.38. The Morgan fingerprint density at radius 3 is 2.07 bits per heavy atom. The van der Waals surface area contributed by atoms with Crippen molar-refractivity contribution in [2.75, 3.05) is 40.5 Å². The summed E-state index contributed by atoms with van der Waals surface area (Å²) in [6.45, 7) is 4.50. The molecule has 1 aromatic rings. The number of rotatable bonds is 25. The first-order chi connectivity index (χ1) is 20.8. The standard InChI is InChI=1S/C35H62NO6P/c1-4-5-6-7-8-9-10-11-12-13-14-15-16-23-28-39-31-35(40-29-33-24-19-17-20-25-33)32-42-43(37,38)41-30-34-26-21-18-22-27-36(34,2)3/h17,19-20,24-25,30,35H,4-16,18,21-23,26-29,31-32H2,1-3H3/p+1. The second kappa shape index (κ2) is 23.2. The van der Waals surface area contributed by atoms with Crippen LogP contribution in [-0.4, -0.2) is 55.9 Å². The van der Waals surface area contributed by atoms with Crippen molar-refractivity contribution in [3.8, 4) is 0 Å². The van der Waals surface area contributed by atoms with Crippen molar-refractivity contribution in [2.24, 2.45) is 0 Å². The minimum absolute atomic E-state index is 0.0826. The van der Waals surface area contributed by atoms with Crippen LogP contribution >= 0.6 is 7.82 Å². The first kappa shape index (κ1) is 38.0. The molecule has 248 valence electrons. The lowest BCUT2D eigenvalue weighted by atomic mass is 10.0. The quantitative estimate of drug-likeness (QED) is 0.0505. The summed E-state index contributed by atoms with van der Waals surface area (Å²) in [7, 11) is -0.0699. The monoisotopic (exact) mass is 624 g/mol. The number of quaternary nitrogens is 1. The van der Waals surface area contributed by atoms with E-state index in [1.807, 2.05) is 30.3 Å². The van der Waals surface area contributed by atoms with Crippen LogP contribution in [0, 0.1) is 0 Å². The van der Waals surface area contributed by atoms with Crippen LogP contribution in [0.4, 0.5) is 0 Å². The molecule has 0 aromatic heterocycles. The molecule has 1 aromatic carbocycles. The zero-order valence-corrected chi connectivity index (χ0v) is 28.6. The summed E-state index contributed by atoms with van der Waals surface area (Å²) in [4.78, 5) is 10.4. The lowest BCUT2D eigenvalue weighted by molar-refractivity contribution is -0.853. The van der Waals surface area contributed by atoms with Crippen molar-refractivity contribution in [2.45, 2.75) is 135 Å². The molecule has 0 aliphatic carbocycles. The molecule has 2 unspecified atom stereocenters. The van der Waals surface area contributed by atoms with Crippen molar-refractivity contribution < 1.29 is 32.5 Å². The maximum absolute atomic E-state index is 12.7. The number of benzene rings is 1. The van der Waals surface area contributed by atoms with Crippen LogP contribution < -0.4 is 0 Å². The van der Waals surface area contributed by atoms with Crippen LogP contribution in [0.5, 0.6) is 0 Å². The first-order valence-electron chi connectivity index (χ1n) is 17.2. The van der Waals surface area contributed by atoms with E-state index in [0.717, 1.165) is 56.3 Å². The Bertz CT molecular complexity index is 894. The summed E-state index contributed by atoms with van der Waals surface area (Å²) < 4.78 is 36.0. The largest absolute Gasteiger partial charge is 0.527 e. The predicted octanol–water partition coefficient (Wildman–Crippen LogP) is 9.70. The van der Waals surface area contributed by atoms with E-state index in [0.29, 0.717) is 24.3 Å². The normalized spacial score (nSPS) is 18.3. The van der Waals surface area contributed by atoms with Gasteiger partial charge in [-0.25, -0.2) is 4.57 Å². The van der Waals surface area contributed by atoms with Crippen molar-refractivity contribution in [3.05, 3.63) is 47.9 Å². The molecule has 8 heteroatoms. The molecule has 1 N–H and O–H groups in total. The predicted molar refractivity (Wildman–Crippen MR) is 177 cm³/mol. The van der Waals surface area contributed by atoms with Gasteiger partial charge in [-0.05, 0) is 31.2 Å². The van der Waals surface area contributed by atoms with Crippen molar-refractivity contribution in [1.29, 1.82) is 0 Å². The number of hydrogen-bond donors (Lipinski definition) is 1. The molecule has 2 rings (SSSR count). The average Bonchev–Trinajstić information content (AvgIpc) is 3.16. The molecule has 43 heavy (non-hydrogen) atoms. The van der Waals surface area contributed by atoms with Gasteiger partial charge in [-0.3, -0.25) is 13.9 Å². The molecule has 0 amide bonds. The van der Waals surface area contributed by atoms with Gasteiger partial charge >= 0.3 is 7.82 Å². The van der Waals surface area contributed by atoms with E-state index in [2.05, 4.69) is 21.0 Å². The number of hydrogen-bond acceptors (Lipinski definition) is 5. The van der Waals surface area contributed by atoms with Crippen LogP contribution in [0.25, 0.3) is 0 Å². The van der Waals surface area contributed by atoms with E-state index < -0.39 is 13.9 Å². The Balaban J connectivity index is 1.64. The molecule has 1 aliphatic heterocycles. The fraction of sp³-hybridized carbons (Fsp3) is 0.771. The molecule has 1 fully saturated rings. The van der Waals surface area contributed by atoms with Crippen molar-refractivity contribution >= 4 is 7.82 Å². The van der Waals surface area contributed by atoms with E-state index in [1.165, 1.54) is 83.3 Å². The summed E-state index contributed by atoms with van der Waals surface area (Å²) in [5, 5.41) is 0. The van der Waals surface area contributed by atoms with Gasteiger partial charge in [0.25, 0.3) is 0 Å². The number of nitrogens with zero attached hydrogens (tertiary/aromatic N) is 1. The van der Waals surface area contributed by atoms with Gasteiger partial charge < -0.3 is 14.0 Å². The van der Waals surface area contributed by atoms with Gasteiger partial charge in [-0.1, -0.05) is 121 Å². The second-order valence-electron chi connectivity index (χ2n) is 12.8. The fourth-order valence-corrected chi connectivity index (χ4v) is 6.19. The smallest absolute Gasteiger partial charge is 0.406 e. The number of phosphoric ester groups is 1. The number of unbranched alkanes of at least 4 members (excludes halogenated alkanes) is 13. The van der Waals surface area contributed by atoms with Crippen LogP contribution in [0.2, 0.25) is 0 Å². The van der Waals surface area contributed by atoms with Gasteiger partial charge in [0.1, 0.15) is 11.8 Å². The van der Waals surface area contributed by atoms with Crippen LogP contribution in [0.1, 0.15) is 128 Å². The van der Waals surface area contributed by atoms with Crippen LogP contribution in [0.15, 0.2) is 42.3 Å². The van der Waals surface area contributed by atoms with Gasteiger partial charge in [0, 0.05) is 13.0 Å². The molecule has 0 spiro atoms. The SMILES string of the molecule is CCCCCCCCCCCCCCCCOCC(COP(=O)(O)OC=C1CCCCC[N+]1(C)C)OCc1ccccc1. The summed E-state index contributed by atoms with van der Waals surface area (Å²) in [5.74, 6) is 0. The van der Waals surface area contributed by atoms with E-state index >= 15 is 0 Å². The minimum atomic E-state index is -4.28. The van der Waals surface area contributed by atoms with E-state index in [1.54, 1.807) is 0 Å². The number of likely N-dealkylation sites (tertiary alicyclic amines) is 1. The first-order valence-corrected chi connectivity index (χ1v) is 18.7. The van der Waals surface area contributed by atoms with Gasteiger partial charge in [-0.15, -0.1) is 0 Å². The molecule has 2 atom stereocenters.